The third-order valence-corrected chi connectivity index (χ3v) is 3.35. The second-order valence-corrected chi connectivity index (χ2v) is 8.14. The van der Waals surface area contributed by atoms with E-state index in [4.69, 9.17) is 0 Å². The van der Waals surface area contributed by atoms with E-state index in [1.165, 1.54) is 10.8 Å². The fraction of sp³-hybridized carbons (Fsp3) is 0.273. The van der Waals surface area contributed by atoms with Crippen molar-refractivity contribution in [1.29, 1.82) is 0 Å². The van der Waals surface area contributed by atoms with E-state index in [-0.39, 0.29) is 11.7 Å². The van der Waals surface area contributed by atoms with Gasteiger partial charge in [-0.2, -0.15) is 0 Å². The number of para-hydroxylation sites is 2. The Balaban J connectivity index is 2.66. The van der Waals surface area contributed by atoms with Crippen LogP contribution in [0.1, 0.15) is 0 Å². The van der Waals surface area contributed by atoms with Crippen LogP contribution in [0.15, 0.2) is 35.3 Å². The second kappa shape index (κ2) is 3.82. The van der Waals surface area contributed by atoms with Gasteiger partial charge in [0.05, 0.1) is 17.2 Å². The third kappa shape index (κ3) is 2.19. The first-order chi connectivity index (χ1) is 7.47. The maximum Gasteiger partial charge on any atom is 0.269 e. The summed E-state index contributed by atoms with van der Waals surface area (Å²) in [5, 5.41) is 0. The SMILES string of the molecule is C[Si](C)(F)Cn1c(=O)cnc2ccccc21. The van der Waals surface area contributed by atoms with E-state index in [9.17, 15) is 8.90 Å². The molecule has 5 heteroatoms. The normalized spacial score (nSPS) is 11.9. The molecule has 0 bridgehead atoms. The Kier molecular flexibility index (Phi) is 2.63. The molecule has 0 fully saturated rings. The molecule has 0 amide bonds. The first-order valence-corrected chi connectivity index (χ1v) is 8.19. The molecule has 0 aliphatic heterocycles. The molecule has 3 nitrogen and oxygen atoms in total. The Hall–Kier alpha value is -1.49. The van der Waals surface area contributed by atoms with Gasteiger partial charge in [-0.15, -0.1) is 0 Å². The van der Waals surface area contributed by atoms with Crippen molar-refractivity contribution in [3.63, 3.8) is 0 Å². The molecule has 0 spiro atoms. The summed E-state index contributed by atoms with van der Waals surface area (Å²) in [6, 6.07) is 7.29. The average molecular weight is 236 g/mol. The Morgan fingerprint density at radius 1 is 1.38 bits per heavy atom. The number of aromatic nitrogens is 2. The number of benzene rings is 1. The van der Waals surface area contributed by atoms with E-state index in [2.05, 4.69) is 4.98 Å². The Bertz CT molecular complexity index is 574. The molecule has 84 valence electrons. The summed E-state index contributed by atoms with van der Waals surface area (Å²) in [5.74, 6) is 0. The molecule has 2 aromatic rings. The number of hydrogen-bond donors (Lipinski definition) is 0. The van der Waals surface area contributed by atoms with Crippen LogP contribution in [0.4, 0.5) is 4.11 Å². The van der Waals surface area contributed by atoms with Gasteiger partial charge in [-0.1, -0.05) is 12.1 Å². The van der Waals surface area contributed by atoms with Crippen LogP contribution in [-0.2, 0) is 6.17 Å². The van der Waals surface area contributed by atoms with Crippen LogP contribution in [-0.4, -0.2) is 18.0 Å². The lowest BCUT2D eigenvalue weighted by Gasteiger charge is -2.15. The molecule has 2 rings (SSSR count). The van der Waals surface area contributed by atoms with Gasteiger partial charge in [0.25, 0.3) is 14.0 Å². The fourth-order valence-electron chi connectivity index (χ4n) is 1.65. The highest BCUT2D eigenvalue weighted by atomic mass is 28.4. The third-order valence-electron chi connectivity index (χ3n) is 2.29. The summed E-state index contributed by atoms with van der Waals surface area (Å²) < 4.78 is 15.2. The average Bonchev–Trinajstić information content (AvgIpc) is 2.21. The Morgan fingerprint density at radius 3 is 2.75 bits per heavy atom. The predicted molar refractivity (Wildman–Crippen MR) is 64.6 cm³/mol. The Morgan fingerprint density at radius 2 is 2.06 bits per heavy atom. The van der Waals surface area contributed by atoms with Gasteiger partial charge < -0.3 is 8.67 Å². The summed E-state index contributed by atoms with van der Waals surface area (Å²) in [4.78, 5) is 15.7. The van der Waals surface area contributed by atoms with Gasteiger partial charge in [-0.05, 0) is 25.2 Å². The van der Waals surface area contributed by atoms with Crippen LogP contribution in [0.25, 0.3) is 11.0 Å². The first kappa shape index (κ1) is 11.0. The molecule has 0 saturated heterocycles. The molecule has 1 aromatic heterocycles. The van der Waals surface area contributed by atoms with E-state index >= 15 is 0 Å². The molecule has 0 aliphatic rings. The fourth-order valence-corrected chi connectivity index (χ4v) is 2.73. The minimum absolute atomic E-state index is 0.175. The highest BCUT2D eigenvalue weighted by Crippen LogP contribution is 2.12. The quantitative estimate of drug-likeness (QED) is 0.591. The molecule has 0 atom stereocenters. The maximum absolute atomic E-state index is 13.7. The molecule has 0 unspecified atom stereocenters. The maximum atomic E-state index is 13.7. The molecule has 1 heterocycles. The van der Waals surface area contributed by atoms with Crippen LogP contribution >= 0.6 is 0 Å². The molecule has 0 saturated carbocycles. The lowest BCUT2D eigenvalue weighted by atomic mass is 10.3. The Labute approximate surface area is 93.7 Å². The van der Waals surface area contributed by atoms with Crippen molar-refractivity contribution in [3.05, 3.63) is 40.8 Å². The number of fused-ring (bicyclic) bond motifs is 1. The van der Waals surface area contributed by atoms with E-state index < -0.39 is 8.41 Å². The summed E-state index contributed by atoms with van der Waals surface area (Å²) in [6.45, 7) is 3.18. The van der Waals surface area contributed by atoms with Crippen LogP contribution < -0.4 is 5.56 Å². The summed E-state index contributed by atoms with van der Waals surface area (Å²) in [5.41, 5.74) is 1.19. The summed E-state index contributed by atoms with van der Waals surface area (Å²) >= 11 is 0. The second-order valence-electron chi connectivity index (χ2n) is 4.39. The lowest BCUT2D eigenvalue weighted by molar-refractivity contribution is 0.716. The van der Waals surface area contributed by atoms with Gasteiger partial charge >= 0.3 is 0 Å². The smallest absolute Gasteiger partial charge is 0.269 e. The lowest BCUT2D eigenvalue weighted by Crippen LogP contribution is -2.33. The van der Waals surface area contributed by atoms with Gasteiger partial charge in [-0.25, -0.2) is 4.98 Å². The molecule has 1 aromatic carbocycles. The van der Waals surface area contributed by atoms with E-state index in [1.807, 2.05) is 18.2 Å². The van der Waals surface area contributed by atoms with E-state index in [1.54, 1.807) is 19.2 Å². The van der Waals surface area contributed by atoms with Gasteiger partial charge in [0.2, 0.25) is 0 Å². The number of nitrogens with zero attached hydrogens (tertiary/aromatic N) is 2. The molecule has 16 heavy (non-hydrogen) atoms. The topological polar surface area (TPSA) is 34.9 Å². The van der Waals surface area contributed by atoms with Gasteiger partial charge in [0.1, 0.15) is 0 Å². The van der Waals surface area contributed by atoms with Crippen LogP contribution in [0.5, 0.6) is 0 Å². The molecule has 0 radical (unpaired) electrons. The zero-order valence-electron chi connectivity index (χ0n) is 9.27. The van der Waals surface area contributed by atoms with Gasteiger partial charge in [0, 0.05) is 6.17 Å². The minimum Gasteiger partial charge on any atom is -0.313 e. The summed E-state index contributed by atoms with van der Waals surface area (Å²) in [6.07, 6.45) is 1.43. The molecule has 0 N–H and O–H groups in total. The van der Waals surface area contributed by atoms with Crippen molar-refractivity contribution in [2.45, 2.75) is 19.3 Å². The van der Waals surface area contributed by atoms with Crippen LogP contribution in [0.2, 0.25) is 13.1 Å². The van der Waals surface area contributed by atoms with Crippen molar-refractivity contribution in [2.24, 2.45) is 0 Å². The van der Waals surface area contributed by atoms with Crippen LogP contribution in [0.3, 0.4) is 0 Å². The number of rotatable bonds is 2. The summed E-state index contributed by atoms with van der Waals surface area (Å²) in [7, 11) is -2.81. The van der Waals surface area contributed by atoms with Crippen molar-refractivity contribution >= 4 is 19.4 Å². The highest BCUT2D eigenvalue weighted by Gasteiger charge is 2.22. The van der Waals surface area contributed by atoms with Crippen molar-refractivity contribution < 1.29 is 4.11 Å². The van der Waals surface area contributed by atoms with Crippen LogP contribution in [0, 0.1) is 0 Å². The van der Waals surface area contributed by atoms with E-state index in [0.717, 1.165) is 5.52 Å². The van der Waals surface area contributed by atoms with Gasteiger partial charge in [-0.3, -0.25) is 4.79 Å². The number of hydrogen-bond acceptors (Lipinski definition) is 2. The van der Waals surface area contributed by atoms with Crippen molar-refractivity contribution in [1.82, 2.24) is 9.55 Å². The molecular formula is C11H13FN2OSi. The molecule has 0 aliphatic carbocycles. The highest BCUT2D eigenvalue weighted by molar-refractivity contribution is 6.69. The van der Waals surface area contributed by atoms with Gasteiger partial charge in [0.15, 0.2) is 0 Å². The van der Waals surface area contributed by atoms with Crippen molar-refractivity contribution in [2.75, 3.05) is 0 Å². The molecular weight excluding hydrogens is 223 g/mol. The first-order valence-electron chi connectivity index (χ1n) is 5.11. The predicted octanol–water partition coefficient (Wildman–Crippen LogP) is 2.11. The van der Waals surface area contributed by atoms with Crippen molar-refractivity contribution in [3.8, 4) is 0 Å². The zero-order valence-corrected chi connectivity index (χ0v) is 10.3. The standard InChI is InChI=1S/C11H13FN2OSi/c1-16(2,12)8-14-10-6-4-3-5-9(10)13-7-11(14)15/h3-7H,8H2,1-2H3. The van der Waals surface area contributed by atoms with E-state index in [0.29, 0.717) is 5.52 Å². The largest absolute Gasteiger partial charge is 0.313 e. The monoisotopic (exact) mass is 236 g/mol. The minimum atomic E-state index is -2.81. The zero-order chi connectivity index (χ0) is 11.8. The number of halogens is 1.